The quantitative estimate of drug-likeness (QED) is 0.822. The number of carbonyl (C=O) groups is 2. The first-order valence-electron chi connectivity index (χ1n) is 7.71. The minimum absolute atomic E-state index is 0.0401. The minimum atomic E-state index is -4.58. The highest BCUT2D eigenvalue weighted by atomic mass is 19.4. The van der Waals surface area contributed by atoms with Crippen LogP contribution in [0, 0.1) is 5.92 Å². The summed E-state index contributed by atoms with van der Waals surface area (Å²) in [6.45, 7) is 3.86. The van der Waals surface area contributed by atoms with E-state index in [9.17, 15) is 22.8 Å². The van der Waals surface area contributed by atoms with Crippen molar-refractivity contribution in [1.82, 2.24) is 4.90 Å². The third-order valence-electron chi connectivity index (χ3n) is 4.03. The van der Waals surface area contributed by atoms with Crippen LogP contribution < -0.4 is 4.74 Å². The van der Waals surface area contributed by atoms with Crippen molar-refractivity contribution < 1.29 is 32.6 Å². The summed E-state index contributed by atoms with van der Waals surface area (Å²) in [4.78, 5) is 25.0. The van der Waals surface area contributed by atoms with E-state index in [1.807, 2.05) is 0 Å². The number of hydrogen-bond acceptors (Lipinski definition) is 3. The molecule has 0 aliphatic carbocycles. The Balaban J connectivity index is 2.26. The number of hydrogen-bond donors (Lipinski definition) is 1. The monoisotopic (exact) mass is 357 g/mol. The van der Waals surface area contributed by atoms with Crippen molar-refractivity contribution in [3.05, 3.63) is 42.0 Å². The Hall–Kier alpha value is -2.51. The lowest BCUT2D eigenvalue weighted by atomic mass is 9.96. The van der Waals surface area contributed by atoms with Crippen LogP contribution in [0.25, 0.3) is 0 Å². The van der Waals surface area contributed by atoms with Gasteiger partial charge in [-0.1, -0.05) is 12.7 Å². The van der Waals surface area contributed by atoms with Gasteiger partial charge in [-0.25, -0.2) is 0 Å². The Morgan fingerprint density at radius 3 is 2.48 bits per heavy atom. The molecule has 1 N–H and O–H groups in total. The second kappa shape index (κ2) is 7.58. The number of alkyl halides is 3. The number of rotatable bonds is 5. The molecule has 0 saturated carbocycles. The smallest absolute Gasteiger partial charge is 0.416 e. The molecular weight excluding hydrogens is 339 g/mol. The molecule has 1 fully saturated rings. The predicted octanol–water partition coefficient (Wildman–Crippen LogP) is 3.21. The van der Waals surface area contributed by atoms with Gasteiger partial charge >= 0.3 is 12.1 Å². The molecule has 0 atom stereocenters. The maximum atomic E-state index is 13.0. The summed E-state index contributed by atoms with van der Waals surface area (Å²) in [6, 6.07) is 2.74. The van der Waals surface area contributed by atoms with Crippen molar-refractivity contribution in [3.63, 3.8) is 0 Å². The van der Waals surface area contributed by atoms with Gasteiger partial charge in [0, 0.05) is 13.1 Å². The highest BCUT2D eigenvalue weighted by Crippen LogP contribution is 2.33. The first-order valence-corrected chi connectivity index (χ1v) is 7.71. The summed E-state index contributed by atoms with van der Waals surface area (Å²) in [5, 5.41) is 8.99. The fourth-order valence-corrected chi connectivity index (χ4v) is 2.65. The van der Waals surface area contributed by atoms with E-state index < -0.39 is 29.5 Å². The highest BCUT2D eigenvalue weighted by molar-refractivity contribution is 5.97. The SMILES string of the molecule is C=CCOc1ccc(C(F)(F)F)cc1C(=O)N1CCC(C(=O)O)CC1. The molecule has 0 spiro atoms. The first-order chi connectivity index (χ1) is 11.7. The lowest BCUT2D eigenvalue weighted by Gasteiger charge is -2.30. The van der Waals surface area contributed by atoms with Gasteiger partial charge < -0.3 is 14.7 Å². The molecular formula is C17H18F3NO4. The summed E-state index contributed by atoms with van der Waals surface area (Å²) in [5.41, 5.74) is -1.13. The largest absolute Gasteiger partial charge is 0.489 e. The zero-order chi connectivity index (χ0) is 18.6. The van der Waals surface area contributed by atoms with Crippen LogP contribution in [0.15, 0.2) is 30.9 Å². The predicted molar refractivity (Wildman–Crippen MR) is 83.4 cm³/mol. The number of aliphatic carboxylic acids is 1. The van der Waals surface area contributed by atoms with Crippen LogP contribution in [0.5, 0.6) is 5.75 Å². The summed E-state index contributed by atoms with van der Waals surface area (Å²) >= 11 is 0. The maximum absolute atomic E-state index is 13.0. The van der Waals surface area contributed by atoms with Gasteiger partial charge in [0.05, 0.1) is 17.0 Å². The van der Waals surface area contributed by atoms with Gasteiger partial charge in [0.1, 0.15) is 12.4 Å². The topological polar surface area (TPSA) is 66.8 Å². The lowest BCUT2D eigenvalue weighted by molar-refractivity contribution is -0.143. The van der Waals surface area contributed by atoms with Crippen LogP contribution in [0.1, 0.15) is 28.8 Å². The van der Waals surface area contributed by atoms with Crippen molar-refractivity contribution in [2.45, 2.75) is 19.0 Å². The van der Waals surface area contributed by atoms with E-state index in [0.29, 0.717) is 0 Å². The van der Waals surface area contributed by atoms with Gasteiger partial charge in [-0.15, -0.1) is 0 Å². The van der Waals surface area contributed by atoms with Gasteiger partial charge in [-0.2, -0.15) is 13.2 Å². The van der Waals surface area contributed by atoms with E-state index in [4.69, 9.17) is 9.84 Å². The van der Waals surface area contributed by atoms with Crippen LogP contribution in [0.3, 0.4) is 0 Å². The molecule has 1 aliphatic rings. The van der Waals surface area contributed by atoms with E-state index in [-0.39, 0.29) is 43.9 Å². The highest BCUT2D eigenvalue weighted by Gasteiger charge is 2.34. The molecule has 5 nitrogen and oxygen atoms in total. The molecule has 2 rings (SSSR count). The average Bonchev–Trinajstić information content (AvgIpc) is 2.58. The molecule has 1 amide bonds. The van der Waals surface area contributed by atoms with Crippen LogP contribution in [0.2, 0.25) is 0 Å². The fraction of sp³-hybridized carbons (Fsp3) is 0.412. The van der Waals surface area contributed by atoms with Crippen LogP contribution >= 0.6 is 0 Å². The van der Waals surface area contributed by atoms with Gasteiger partial charge in [-0.3, -0.25) is 9.59 Å². The van der Waals surface area contributed by atoms with Crippen LogP contribution in [0.4, 0.5) is 13.2 Å². The van der Waals surface area contributed by atoms with Crippen molar-refractivity contribution >= 4 is 11.9 Å². The molecule has 1 aromatic rings. The molecule has 0 bridgehead atoms. The average molecular weight is 357 g/mol. The normalized spacial score (nSPS) is 15.7. The molecule has 1 heterocycles. The first kappa shape index (κ1) is 18.8. The Bertz CT molecular complexity index is 664. The Morgan fingerprint density at radius 2 is 1.96 bits per heavy atom. The molecule has 0 radical (unpaired) electrons. The number of carboxylic acid groups (broad SMARTS) is 1. The number of carbonyl (C=O) groups excluding carboxylic acids is 1. The molecule has 1 aliphatic heterocycles. The van der Waals surface area contributed by atoms with Crippen molar-refractivity contribution in [2.75, 3.05) is 19.7 Å². The third kappa shape index (κ3) is 4.52. The molecule has 0 unspecified atom stereocenters. The molecule has 1 aromatic carbocycles. The lowest BCUT2D eigenvalue weighted by Crippen LogP contribution is -2.40. The Kier molecular flexibility index (Phi) is 5.71. The van der Waals surface area contributed by atoms with Crippen LogP contribution in [-0.2, 0) is 11.0 Å². The van der Waals surface area contributed by atoms with Crippen molar-refractivity contribution in [3.8, 4) is 5.75 Å². The second-order valence-corrected chi connectivity index (χ2v) is 5.71. The Morgan fingerprint density at radius 1 is 1.32 bits per heavy atom. The zero-order valence-electron chi connectivity index (χ0n) is 13.4. The number of halogens is 3. The summed E-state index contributed by atoms with van der Waals surface area (Å²) in [6.07, 6.45) is -2.63. The van der Waals surface area contributed by atoms with Gasteiger partial charge in [0.25, 0.3) is 5.91 Å². The molecule has 1 saturated heterocycles. The van der Waals surface area contributed by atoms with Crippen molar-refractivity contribution in [2.24, 2.45) is 5.92 Å². The summed E-state index contributed by atoms with van der Waals surface area (Å²) in [5.74, 6) is -2.03. The van der Waals surface area contributed by atoms with E-state index >= 15 is 0 Å². The Labute approximate surface area is 142 Å². The van der Waals surface area contributed by atoms with E-state index in [1.165, 1.54) is 11.0 Å². The third-order valence-corrected chi connectivity index (χ3v) is 4.03. The van der Waals surface area contributed by atoms with Gasteiger partial charge in [-0.05, 0) is 31.0 Å². The number of carboxylic acids is 1. The summed E-state index contributed by atoms with van der Waals surface area (Å²) < 4.78 is 44.1. The zero-order valence-corrected chi connectivity index (χ0v) is 13.4. The minimum Gasteiger partial charge on any atom is -0.489 e. The second-order valence-electron chi connectivity index (χ2n) is 5.71. The maximum Gasteiger partial charge on any atom is 0.416 e. The summed E-state index contributed by atoms with van der Waals surface area (Å²) in [7, 11) is 0. The van der Waals surface area contributed by atoms with E-state index in [2.05, 4.69) is 6.58 Å². The number of amides is 1. The standard InChI is InChI=1S/C17H18F3NO4/c1-2-9-25-14-4-3-12(17(18,19)20)10-13(14)15(22)21-7-5-11(6-8-21)16(23)24/h2-4,10-11H,1,5-9H2,(H,23,24). The number of ether oxygens (including phenoxy) is 1. The van der Waals surface area contributed by atoms with Gasteiger partial charge in [0.2, 0.25) is 0 Å². The number of nitrogens with zero attached hydrogens (tertiary/aromatic N) is 1. The van der Waals surface area contributed by atoms with E-state index in [0.717, 1.165) is 18.2 Å². The van der Waals surface area contributed by atoms with Crippen molar-refractivity contribution in [1.29, 1.82) is 0 Å². The molecule has 136 valence electrons. The number of piperidine rings is 1. The van der Waals surface area contributed by atoms with E-state index in [1.54, 1.807) is 0 Å². The fourth-order valence-electron chi connectivity index (χ4n) is 2.65. The van der Waals surface area contributed by atoms with Crippen LogP contribution in [-0.4, -0.2) is 41.6 Å². The molecule has 8 heteroatoms. The molecule has 0 aromatic heterocycles. The molecule has 25 heavy (non-hydrogen) atoms. The number of benzene rings is 1. The van der Waals surface area contributed by atoms with Gasteiger partial charge in [0.15, 0.2) is 0 Å². The number of likely N-dealkylation sites (tertiary alicyclic amines) is 1.